The van der Waals surface area contributed by atoms with Crippen LogP contribution >= 0.6 is 0 Å². The highest BCUT2D eigenvalue weighted by Crippen LogP contribution is 2.46. The number of aromatic nitrogens is 3. The summed E-state index contributed by atoms with van der Waals surface area (Å²) in [7, 11) is 0.0422. The molecule has 1 saturated heterocycles. The van der Waals surface area contributed by atoms with Crippen molar-refractivity contribution in [3.63, 3.8) is 0 Å². The van der Waals surface area contributed by atoms with Gasteiger partial charge in [0.1, 0.15) is 51.9 Å². The molecule has 1 aromatic carbocycles. The molecule has 4 amide bonds. The van der Waals surface area contributed by atoms with Gasteiger partial charge in [-0.1, -0.05) is 25.0 Å². The predicted octanol–water partition coefficient (Wildman–Crippen LogP) is 4.04. The van der Waals surface area contributed by atoms with Gasteiger partial charge in [0, 0.05) is 42.1 Å². The molecule has 2 aliphatic heterocycles. The van der Waals surface area contributed by atoms with E-state index in [2.05, 4.69) is 20.5 Å². The number of rotatable bonds is 11. The van der Waals surface area contributed by atoms with Crippen molar-refractivity contribution in [1.29, 1.82) is 0 Å². The van der Waals surface area contributed by atoms with Crippen LogP contribution in [0.15, 0.2) is 42.6 Å². The van der Waals surface area contributed by atoms with Crippen LogP contribution in [0.25, 0.3) is 10.9 Å². The molecular formula is C41H53N7O8S. The Balaban J connectivity index is 1.22. The van der Waals surface area contributed by atoms with Crippen molar-refractivity contribution in [1.82, 2.24) is 35.0 Å². The summed E-state index contributed by atoms with van der Waals surface area (Å²) in [6.07, 6.45) is 10.3. The molecule has 3 fully saturated rings. The molecule has 4 heterocycles. The fourth-order valence-corrected chi connectivity index (χ4v) is 8.86. The molecule has 0 spiro atoms. The van der Waals surface area contributed by atoms with Gasteiger partial charge < -0.3 is 29.7 Å². The van der Waals surface area contributed by atoms with Crippen LogP contribution in [0, 0.1) is 12.8 Å². The summed E-state index contributed by atoms with van der Waals surface area (Å²) in [5, 5.41) is 10.9. The van der Waals surface area contributed by atoms with Crippen LogP contribution in [-0.2, 0) is 31.9 Å². The number of pyridine rings is 1. The number of nitrogens with one attached hydrogen (secondary N) is 3. The van der Waals surface area contributed by atoms with E-state index in [-0.39, 0.29) is 35.9 Å². The zero-order valence-electron chi connectivity index (χ0n) is 33.2. The first-order valence-corrected chi connectivity index (χ1v) is 21.3. The molecule has 3 N–H and O–H groups in total. The van der Waals surface area contributed by atoms with Crippen molar-refractivity contribution < 1.29 is 37.6 Å². The van der Waals surface area contributed by atoms with Crippen LogP contribution in [0.2, 0.25) is 0 Å². The summed E-state index contributed by atoms with van der Waals surface area (Å²) in [5.74, 6) is -0.761. The molecule has 7 rings (SSSR count). The third kappa shape index (κ3) is 8.80. The van der Waals surface area contributed by atoms with Gasteiger partial charge >= 0.3 is 0 Å². The lowest BCUT2D eigenvalue weighted by Crippen LogP contribution is -2.58. The van der Waals surface area contributed by atoms with Crippen molar-refractivity contribution in [2.75, 3.05) is 13.7 Å². The minimum atomic E-state index is -1.55. The van der Waals surface area contributed by atoms with Gasteiger partial charge in [-0.25, -0.2) is 9.19 Å². The summed E-state index contributed by atoms with van der Waals surface area (Å²) >= 11 is 0. The minimum Gasteiger partial charge on any atom is -0.496 e. The van der Waals surface area contributed by atoms with E-state index in [1.165, 1.54) is 4.90 Å². The van der Waals surface area contributed by atoms with Gasteiger partial charge in [0.25, 0.3) is 11.8 Å². The predicted molar refractivity (Wildman–Crippen MR) is 213 cm³/mol. The van der Waals surface area contributed by atoms with E-state index >= 15 is 0 Å². The smallest absolute Gasteiger partial charge is 0.272 e. The third-order valence-electron chi connectivity index (χ3n) is 11.2. The molecule has 57 heavy (non-hydrogen) atoms. The van der Waals surface area contributed by atoms with Crippen molar-refractivity contribution in [2.24, 2.45) is 5.92 Å². The zero-order valence-corrected chi connectivity index (χ0v) is 34.1. The Morgan fingerprint density at radius 1 is 1.11 bits per heavy atom. The average molecular weight is 804 g/mol. The van der Waals surface area contributed by atoms with Crippen molar-refractivity contribution in [2.45, 2.75) is 127 Å². The molecule has 16 heteroatoms. The first-order valence-electron chi connectivity index (χ1n) is 20.1. The quantitative estimate of drug-likeness (QED) is 0.239. The molecule has 0 radical (unpaired) electrons. The Kier molecular flexibility index (Phi) is 11.9. The third-order valence-corrected chi connectivity index (χ3v) is 12.6. The summed E-state index contributed by atoms with van der Waals surface area (Å²) < 4.78 is 35.4. The number of fused-ring (bicyclic) bond motifs is 3. The second-order valence-corrected chi connectivity index (χ2v) is 17.2. The number of hydrogen-bond donors (Lipinski definition) is 3. The minimum absolute atomic E-state index is 0.0291. The first-order chi connectivity index (χ1) is 27.4. The van der Waals surface area contributed by atoms with Gasteiger partial charge in [-0.05, 0) is 84.4 Å². The molecule has 6 atom stereocenters. The number of ether oxygens (including phenoxy) is 3. The van der Waals surface area contributed by atoms with E-state index in [0.717, 1.165) is 37.7 Å². The van der Waals surface area contributed by atoms with Crippen LogP contribution in [0.1, 0.15) is 94.6 Å². The number of carbonyl (C=O) groups is 4. The summed E-state index contributed by atoms with van der Waals surface area (Å²) in [5.41, 5.74) is 0.305. The van der Waals surface area contributed by atoms with Crippen LogP contribution in [0.5, 0.6) is 17.4 Å². The Morgan fingerprint density at radius 2 is 1.91 bits per heavy atom. The van der Waals surface area contributed by atoms with E-state index in [9.17, 15) is 23.4 Å². The van der Waals surface area contributed by atoms with Crippen molar-refractivity contribution in [3.8, 4) is 17.4 Å². The number of benzene rings is 1. The molecule has 2 saturated carbocycles. The van der Waals surface area contributed by atoms with Crippen LogP contribution < -0.4 is 29.6 Å². The SMILES string of the molecule is CCn1ccc(C(=O)N[C@H]2CCCCC/C=C\[C@@H]3C[C@@]3(C(=O)NS(=O)C3CC3)NC(=O)[C@@H]3C[C@@H](Oc4cc(OC(C)C)nc5c(C)c(OC)ccc45)CN3C2=O)n1. The number of allylic oxidation sites excluding steroid dienone is 1. The maximum atomic E-state index is 14.7. The van der Waals surface area contributed by atoms with E-state index in [1.54, 1.807) is 30.1 Å². The molecule has 3 aromatic rings. The van der Waals surface area contributed by atoms with Gasteiger partial charge in [-0.2, -0.15) is 5.10 Å². The number of methoxy groups -OCH3 is 1. The van der Waals surface area contributed by atoms with E-state index in [0.29, 0.717) is 54.1 Å². The van der Waals surface area contributed by atoms with Crippen LogP contribution in [-0.4, -0.2) is 96.2 Å². The van der Waals surface area contributed by atoms with Crippen LogP contribution in [0.3, 0.4) is 0 Å². The topological polar surface area (TPSA) is 183 Å². The van der Waals surface area contributed by atoms with Crippen molar-refractivity contribution in [3.05, 3.63) is 53.9 Å². The van der Waals surface area contributed by atoms with Gasteiger partial charge in [0.2, 0.25) is 17.7 Å². The molecule has 15 nitrogen and oxygen atoms in total. The fraction of sp³-hybridized carbons (Fsp3) is 0.561. The Bertz CT molecular complexity index is 2080. The van der Waals surface area contributed by atoms with Gasteiger partial charge in [-0.15, -0.1) is 0 Å². The van der Waals surface area contributed by atoms with E-state index in [4.69, 9.17) is 19.2 Å². The molecule has 2 aromatic heterocycles. The molecule has 1 unspecified atom stereocenters. The van der Waals surface area contributed by atoms with Gasteiger partial charge in [-0.3, -0.25) is 28.6 Å². The Morgan fingerprint density at radius 3 is 2.63 bits per heavy atom. The summed E-state index contributed by atoms with van der Waals surface area (Å²) in [6, 6.07) is 5.02. The summed E-state index contributed by atoms with van der Waals surface area (Å²) in [6.45, 7) is 8.23. The molecule has 2 aliphatic carbocycles. The normalized spacial score (nSPS) is 26.3. The Hall–Kier alpha value is -4.99. The second-order valence-electron chi connectivity index (χ2n) is 15.7. The van der Waals surface area contributed by atoms with Gasteiger partial charge in [0.15, 0.2) is 0 Å². The first kappa shape index (κ1) is 40.2. The van der Waals surface area contributed by atoms with Crippen LogP contribution in [0.4, 0.5) is 0 Å². The van der Waals surface area contributed by atoms with E-state index in [1.807, 2.05) is 52.0 Å². The number of hydrogen-bond acceptors (Lipinski definition) is 10. The molecule has 4 aliphatic rings. The lowest BCUT2D eigenvalue weighted by molar-refractivity contribution is -0.141. The zero-order chi connectivity index (χ0) is 40.4. The summed E-state index contributed by atoms with van der Waals surface area (Å²) in [4.78, 5) is 62.9. The largest absolute Gasteiger partial charge is 0.496 e. The molecular weight excluding hydrogens is 751 g/mol. The highest BCUT2D eigenvalue weighted by Gasteiger charge is 2.61. The maximum Gasteiger partial charge on any atom is 0.272 e. The number of aryl methyl sites for hydroxylation is 2. The number of nitrogens with zero attached hydrogens (tertiary/aromatic N) is 4. The monoisotopic (exact) mass is 803 g/mol. The van der Waals surface area contributed by atoms with Gasteiger partial charge in [0.05, 0.1) is 30.5 Å². The maximum absolute atomic E-state index is 14.7. The fourth-order valence-electron chi connectivity index (χ4n) is 7.76. The average Bonchev–Trinajstić information content (AvgIpc) is 4.05. The second kappa shape index (κ2) is 16.9. The number of amides is 4. The lowest BCUT2D eigenvalue weighted by Gasteiger charge is -2.29. The highest BCUT2D eigenvalue weighted by atomic mass is 32.2. The Labute approximate surface area is 335 Å². The molecule has 306 valence electrons. The number of carbonyl (C=O) groups excluding carboxylic acids is 4. The van der Waals surface area contributed by atoms with Crippen molar-refractivity contribution >= 4 is 45.5 Å². The highest BCUT2D eigenvalue weighted by molar-refractivity contribution is 7.84. The van der Waals surface area contributed by atoms with E-state index < -0.39 is 58.3 Å². The lowest BCUT2D eigenvalue weighted by atomic mass is 10.0. The molecule has 0 bridgehead atoms. The standard InChI is InChI=1S/C41H53N7O8S/c1-6-47-19-18-30(45-47)37(49)42-31-13-11-9-7-8-10-12-26-22-41(26,40(52)46-57(53)28-14-15-28)44-38(50)32-20-27(23-48(32)39(31)51)56-34-21-35(55-24(2)3)43-36-25(4)33(54-5)17-16-29(34)36/h10,12,16-19,21,24,26-28,31-32H,6-9,11,13-15,20,22-23H2,1-5H3,(H,42,49)(H,44,50)(H,46,52)/b12-10-/t26-,27-,31+,32+,41-,57?/m1/s1.